The van der Waals surface area contributed by atoms with Gasteiger partial charge in [-0.05, 0) is 61.9 Å². The normalized spacial score (nSPS) is 10.3. The molecule has 0 spiro atoms. The molecule has 6 nitrogen and oxygen atoms in total. The number of hydrogen-bond donors (Lipinski definition) is 2. The van der Waals surface area contributed by atoms with Crippen LogP contribution in [0.5, 0.6) is 5.75 Å². The molecule has 3 aromatic rings. The van der Waals surface area contributed by atoms with E-state index in [1.807, 2.05) is 44.2 Å². The number of amides is 1. The number of aromatic nitrogens is 2. The fourth-order valence-corrected chi connectivity index (χ4v) is 2.52. The summed E-state index contributed by atoms with van der Waals surface area (Å²) in [4.78, 5) is 20.9. The van der Waals surface area contributed by atoms with Gasteiger partial charge in [-0.1, -0.05) is 17.7 Å². The molecule has 7 heteroatoms. The third-order valence-corrected chi connectivity index (χ3v) is 4.15. The zero-order valence-corrected chi connectivity index (χ0v) is 15.7. The number of nitrogens with one attached hydrogen (secondary N) is 2. The smallest absolute Gasteiger partial charge is 0.274 e. The highest BCUT2D eigenvalue weighted by atomic mass is 35.5. The second-order valence-corrected chi connectivity index (χ2v) is 6.17. The molecule has 0 saturated carbocycles. The summed E-state index contributed by atoms with van der Waals surface area (Å²) in [6, 6.07) is 14.3. The number of halogens is 1. The number of anilines is 3. The number of carbonyl (C=O) groups is 1. The molecule has 0 saturated heterocycles. The predicted molar refractivity (Wildman–Crippen MR) is 107 cm³/mol. The first-order chi connectivity index (χ1) is 13.0. The van der Waals surface area contributed by atoms with Gasteiger partial charge in [-0.2, -0.15) is 0 Å². The summed E-state index contributed by atoms with van der Waals surface area (Å²) in [5.74, 6) is 0.773. The van der Waals surface area contributed by atoms with E-state index in [1.54, 1.807) is 18.2 Å². The molecule has 0 fully saturated rings. The molecule has 3 rings (SSSR count). The zero-order valence-electron chi connectivity index (χ0n) is 15.0. The van der Waals surface area contributed by atoms with Crippen molar-refractivity contribution >= 4 is 34.8 Å². The van der Waals surface area contributed by atoms with Gasteiger partial charge in [-0.25, -0.2) is 9.97 Å². The summed E-state index contributed by atoms with van der Waals surface area (Å²) in [5.41, 5.74) is 2.59. The van der Waals surface area contributed by atoms with Crippen molar-refractivity contribution in [2.24, 2.45) is 0 Å². The Morgan fingerprint density at radius 2 is 1.85 bits per heavy atom. The molecule has 2 aromatic carbocycles. The second-order valence-electron chi connectivity index (χ2n) is 5.77. The molecule has 0 aliphatic heterocycles. The van der Waals surface area contributed by atoms with Gasteiger partial charge < -0.3 is 15.4 Å². The molecule has 0 bridgehead atoms. The quantitative estimate of drug-likeness (QED) is 0.638. The molecule has 2 N–H and O–H groups in total. The van der Waals surface area contributed by atoms with Crippen molar-refractivity contribution in [1.29, 1.82) is 0 Å². The first-order valence-electron chi connectivity index (χ1n) is 8.45. The molecule has 27 heavy (non-hydrogen) atoms. The van der Waals surface area contributed by atoms with Crippen LogP contribution in [0.3, 0.4) is 0 Å². The Balaban J connectivity index is 1.70. The standard InChI is InChI=1S/C20H19ClN4O2/c1-3-27-16-8-6-14(7-9-16)24-20-22-11-10-18(25-20)19(26)23-15-5-4-13(2)17(21)12-15/h4-12H,3H2,1-2H3,(H,23,26)(H,22,24,25). The lowest BCUT2D eigenvalue weighted by atomic mass is 10.2. The van der Waals surface area contributed by atoms with Crippen molar-refractivity contribution in [3.05, 3.63) is 71.0 Å². The Kier molecular flexibility index (Phi) is 5.88. The van der Waals surface area contributed by atoms with E-state index in [1.165, 1.54) is 6.20 Å². The van der Waals surface area contributed by atoms with Crippen molar-refractivity contribution < 1.29 is 9.53 Å². The monoisotopic (exact) mass is 382 g/mol. The van der Waals surface area contributed by atoms with Gasteiger partial charge in [0.25, 0.3) is 5.91 Å². The molecule has 138 valence electrons. The highest BCUT2D eigenvalue weighted by Gasteiger charge is 2.10. The van der Waals surface area contributed by atoms with Crippen molar-refractivity contribution in [1.82, 2.24) is 9.97 Å². The number of ether oxygens (including phenoxy) is 1. The first-order valence-corrected chi connectivity index (χ1v) is 8.83. The van der Waals surface area contributed by atoms with Crippen molar-refractivity contribution in [2.75, 3.05) is 17.2 Å². The zero-order chi connectivity index (χ0) is 19.2. The largest absolute Gasteiger partial charge is 0.494 e. The van der Waals surface area contributed by atoms with E-state index < -0.39 is 0 Å². The fourth-order valence-electron chi connectivity index (χ4n) is 2.34. The van der Waals surface area contributed by atoms with Crippen molar-refractivity contribution in [3.8, 4) is 5.75 Å². The predicted octanol–water partition coefficient (Wildman–Crippen LogP) is 4.83. The average molecular weight is 383 g/mol. The Bertz CT molecular complexity index is 945. The number of rotatable bonds is 6. The molecule has 0 aliphatic carbocycles. The van der Waals surface area contributed by atoms with Crippen LogP contribution in [-0.2, 0) is 0 Å². The van der Waals surface area contributed by atoms with Gasteiger partial charge in [0.15, 0.2) is 0 Å². The van der Waals surface area contributed by atoms with E-state index in [2.05, 4.69) is 20.6 Å². The summed E-state index contributed by atoms with van der Waals surface area (Å²) in [5, 5.41) is 6.44. The molecular formula is C20H19ClN4O2. The topological polar surface area (TPSA) is 76.1 Å². The number of hydrogen-bond acceptors (Lipinski definition) is 5. The molecule has 0 radical (unpaired) electrons. The molecule has 1 heterocycles. The van der Waals surface area contributed by atoms with E-state index in [9.17, 15) is 4.79 Å². The van der Waals surface area contributed by atoms with Gasteiger partial charge in [0.2, 0.25) is 5.95 Å². The van der Waals surface area contributed by atoms with Crippen LogP contribution >= 0.6 is 11.6 Å². The van der Waals surface area contributed by atoms with Gasteiger partial charge in [0, 0.05) is 22.6 Å². The van der Waals surface area contributed by atoms with E-state index in [-0.39, 0.29) is 11.6 Å². The van der Waals surface area contributed by atoms with Gasteiger partial charge >= 0.3 is 0 Å². The van der Waals surface area contributed by atoms with E-state index in [0.717, 1.165) is 17.0 Å². The Morgan fingerprint density at radius 1 is 1.11 bits per heavy atom. The molecular weight excluding hydrogens is 364 g/mol. The number of aryl methyl sites for hydroxylation is 1. The van der Waals surface area contributed by atoms with Crippen LogP contribution in [0.4, 0.5) is 17.3 Å². The lowest BCUT2D eigenvalue weighted by Gasteiger charge is -2.09. The van der Waals surface area contributed by atoms with Gasteiger partial charge in [-0.15, -0.1) is 0 Å². The minimum Gasteiger partial charge on any atom is -0.494 e. The van der Waals surface area contributed by atoms with Crippen LogP contribution in [0.15, 0.2) is 54.7 Å². The summed E-state index contributed by atoms with van der Waals surface area (Å²) >= 11 is 6.09. The van der Waals surface area contributed by atoms with Crippen LogP contribution in [0.2, 0.25) is 5.02 Å². The number of benzene rings is 2. The van der Waals surface area contributed by atoms with Crippen LogP contribution in [0.1, 0.15) is 23.0 Å². The van der Waals surface area contributed by atoms with Gasteiger partial charge in [0.05, 0.1) is 6.61 Å². The minimum atomic E-state index is -0.341. The number of carbonyl (C=O) groups excluding carboxylic acids is 1. The highest BCUT2D eigenvalue weighted by molar-refractivity contribution is 6.31. The first kappa shape index (κ1) is 18.7. The Labute approximate surface area is 162 Å². The fraction of sp³-hybridized carbons (Fsp3) is 0.150. The third-order valence-electron chi connectivity index (χ3n) is 3.74. The SMILES string of the molecule is CCOc1ccc(Nc2nccc(C(=O)Nc3ccc(C)c(Cl)c3)n2)cc1. The lowest BCUT2D eigenvalue weighted by Crippen LogP contribution is -2.14. The van der Waals surface area contributed by atoms with Gasteiger partial charge in [0.1, 0.15) is 11.4 Å². The van der Waals surface area contributed by atoms with Crippen LogP contribution in [-0.4, -0.2) is 22.5 Å². The number of nitrogens with zero attached hydrogens (tertiary/aromatic N) is 2. The minimum absolute atomic E-state index is 0.245. The molecule has 1 amide bonds. The summed E-state index contributed by atoms with van der Waals surface area (Å²) < 4.78 is 5.41. The maximum absolute atomic E-state index is 12.4. The molecule has 0 atom stereocenters. The summed E-state index contributed by atoms with van der Waals surface area (Å²) in [6.07, 6.45) is 1.53. The second kappa shape index (κ2) is 8.51. The third kappa shape index (κ3) is 4.95. The van der Waals surface area contributed by atoms with E-state index in [0.29, 0.717) is 23.3 Å². The Morgan fingerprint density at radius 3 is 2.56 bits per heavy atom. The Hall–Kier alpha value is -3.12. The van der Waals surface area contributed by atoms with Crippen molar-refractivity contribution in [3.63, 3.8) is 0 Å². The maximum atomic E-state index is 12.4. The van der Waals surface area contributed by atoms with Crippen LogP contribution in [0.25, 0.3) is 0 Å². The van der Waals surface area contributed by atoms with Crippen LogP contribution in [0, 0.1) is 6.92 Å². The highest BCUT2D eigenvalue weighted by Crippen LogP contribution is 2.21. The average Bonchev–Trinajstić information content (AvgIpc) is 2.67. The lowest BCUT2D eigenvalue weighted by molar-refractivity contribution is 0.102. The maximum Gasteiger partial charge on any atom is 0.274 e. The van der Waals surface area contributed by atoms with Crippen LogP contribution < -0.4 is 15.4 Å². The van der Waals surface area contributed by atoms with Gasteiger partial charge in [-0.3, -0.25) is 4.79 Å². The van der Waals surface area contributed by atoms with Crippen molar-refractivity contribution in [2.45, 2.75) is 13.8 Å². The summed E-state index contributed by atoms with van der Waals surface area (Å²) in [7, 11) is 0. The van der Waals surface area contributed by atoms with E-state index >= 15 is 0 Å². The van der Waals surface area contributed by atoms with E-state index in [4.69, 9.17) is 16.3 Å². The molecule has 0 unspecified atom stereocenters. The molecule has 0 aliphatic rings. The summed E-state index contributed by atoms with van der Waals surface area (Å²) in [6.45, 7) is 4.44. The molecule has 1 aromatic heterocycles.